The number of alkyl halides is 3. The van der Waals surface area contributed by atoms with E-state index in [0.29, 0.717) is 18.6 Å². The van der Waals surface area contributed by atoms with Crippen LogP contribution in [0.25, 0.3) is 0 Å². The summed E-state index contributed by atoms with van der Waals surface area (Å²) in [6.07, 6.45) is -3.28. The molecule has 0 spiro atoms. The van der Waals surface area contributed by atoms with Crippen molar-refractivity contribution in [3.05, 3.63) is 29.3 Å². The van der Waals surface area contributed by atoms with Crippen LogP contribution in [0.4, 0.5) is 13.2 Å². The molecular weight excluding hydrogens is 205 g/mol. The Morgan fingerprint density at radius 3 is 2.40 bits per heavy atom. The number of rotatable bonds is 3. The van der Waals surface area contributed by atoms with Crippen LogP contribution in [-0.2, 0) is 12.6 Å². The van der Waals surface area contributed by atoms with Crippen LogP contribution in [0.5, 0.6) is 5.75 Å². The van der Waals surface area contributed by atoms with E-state index in [1.807, 2.05) is 6.92 Å². The molecule has 1 aromatic carbocycles. The molecule has 0 bridgehead atoms. The van der Waals surface area contributed by atoms with Crippen LogP contribution < -0.4 is 4.74 Å². The van der Waals surface area contributed by atoms with E-state index < -0.39 is 11.7 Å². The average Bonchev–Trinajstić information content (AvgIpc) is 2.17. The fraction of sp³-hybridized carbons (Fsp3) is 0.455. The lowest BCUT2D eigenvalue weighted by molar-refractivity contribution is -0.138. The normalized spacial score (nSPS) is 11.5. The van der Waals surface area contributed by atoms with Gasteiger partial charge in [0.1, 0.15) is 5.75 Å². The third kappa shape index (κ3) is 2.64. The summed E-state index contributed by atoms with van der Waals surface area (Å²) >= 11 is 0. The fourth-order valence-corrected chi connectivity index (χ4v) is 1.53. The van der Waals surface area contributed by atoms with Gasteiger partial charge < -0.3 is 4.74 Å². The van der Waals surface area contributed by atoms with Gasteiger partial charge in [-0.3, -0.25) is 0 Å². The molecule has 0 saturated carbocycles. The molecule has 0 aliphatic heterocycles. The van der Waals surface area contributed by atoms with Crippen LogP contribution in [-0.4, -0.2) is 7.11 Å². The highest BCUT2D eigenvalue weighted by Crippen LogP contribution is 2.36. The van der Waals surface area contributed by atoms with Gasteiger partial charge in [-0.25, -0.2) is 0 Å². The molecule has 0 fully saturated rings. The summed E-state index contributed by atoms with van der Waals surface area (Å²) < 4.78 is 42.8. The van der Waals surface area contributed by atoms with E-state index in [2.05, 4.69) is 0 Å². The second kappa shape index (κ2) is 4.55. The van der Waals surface area contributed by atoms with Gasteiger partial charge in [0.2, 0.25) is 0 Å². The van der Waals surface area contributed by atoms with Gasteiger partial charge in [0.05, 0.1) is 12.7 Å². The summed E-state index contributed by atoms with van der Waals surface area (Å²) in [6, 6.07) is 4.01. The van der Waals surface area contributed by atoms with Crippen LogP contribution in [0.15, 0.2) is 18.2 Å². The van der Waals surface area contributed by atoms with Gasteiger partial charge in [-0.15, -0.1) is 0 Å². The fourth-order valence-electron chi connectivity index (χ4n) is 1.53. The number of halogens is 3. The first-order valence-corrected chi connectivity index (χ1v) is 4.73. The van der Waals surface area contributed by atoms with Crippen molar-refractivity contribution in [2.45, 2.75) is 25.9 Å². The Hall–Kier alpha value is -1.19. The lowest BCUT2D eigenvalue weighted by atomic mass is 10.0. The smallest absolute Gasteiger partial charge is 0.416 e. The number of benzene rings is 1. The Morgan fingerprint density at radius 1 is 1.27 bits per heavy atom. The van der Waals surface area contributed by atoms with Crippen LogP contribution in [0.2, 0.25) is 0 Å². The molecule has 0 unspecified atom stereocenters. The Morgan fingerprint density at radius 2 is 1.93 bits per heavy atom. The van der Waals surface area contributed by atoms with Crippen LogP contribution in [0, 0.1) is 0 Å². The summed E-state index contributed by atoms with van der Waals surface area (Å²) in [5.74, 6) is 0.312. The molecule has 1 aromatic rings. The van der Waals surface area contributed by atoms with Crippen molar-refractivity contribution in [1.29, 1.82) is 0 Å². The molecule has 0 saturated heterocycles. The molecule has 1 rings (SSSR count). The summed E-state index contributed by atoms with van der Waals surface area (Å²) in [4.78, 5) is 0. The highest BCUT2D eigenvalue weighted by atomic mass is 19.4. The van der Waals surface area contributed by atoms with E-state index in [1.54, 1.807) is 6.07 Å². The molecule has 0 aliphatic rings. The molecule has 0 heterocycles. The second-order valence-corrected chi connectivity index (χ2v) is 3.23. The number of hydrogen-bond acceptors (Lipinski definition) is 1. The van der Waals surface area contributed by atoms with Crippen molar-refractivity contribution in [2.75, 3.05) is 7.11 Å². The maximum Gasteiger partial charge on any atom is 0.416 e. The predicted octanol–water partition coefficient (Wildman–Crippen LogP) is 3.67. The van der Waals surface area contributed by atoms with Crippen molar-refractivity contribution in [2.24, 2.45) is 0 Å². The van der Waals surface area contributed by atoms with Gasteiger partial charge in [-0.1, -0.05) is 19.4 Å². The van der Waals surface area contributed by atoms with Gasteiger partial charge in [-0.05, 0) is 18.6 Å². The van der Waals surface area contributed by atoms with Gasteiger partial charge in [0, 0.05) is 5.56 Å². The zero-order chi connectivity index (χ0) is 11.5. The van der Waals surface area contributed by atoms with Crippen LogP contribution in [0.1, 0.15) is 24.5 Å². The average molecular weight is 218 g/mol. The first-order valence-electron chi connectivity index (χ1n) is 4.73. The zero-order valence-electron chi connectivity index (χ0n) is 8.69. The number of methoxy groups -OCH3 is 1. The summed E-state index contributed by atoms with van der Waals surface area (Å²) in [5, 5.41) is 0. The minimum atomic E-state index is -4.31. The molecule has 4 heteroatoms. The highest BCUT2D eigenvalue weighted by Gasteiger charge is 2.34. The van der Waals surface area contributed by atoms with Crippen molar-refractivity contribution in [3.8, 4) is 5.75 Å². The molecule has 0 radical (unpaired) electrons. The summed E-state index contributed by atoms with van der Waals surface area (Å²) in [7, 11) is 1.38. The standard InChI is InChI=1S/C11H13F3O/c1-3-5-8-9(11(12,13)14)6-4-7-10(8)15-2/h4,6-7H,3,5H2,1-2H3. The predicted molar refractivity (Wildman–Crippen MR) is 52.0 cm³/mol. The Labute approximate surface area is 86.9 Å². The van der Waals surface area contributed by atoms with E-state index in [-0.39, 0.29) is 5.56 Å². The summed E-state index contributed by atoms with van der Waals surface area (Å²) in [6.45, 7) is 1.84. The molecular formula is C11H13F3O. The molecule has 15 heavy (non-hydrogen) atoms. The van der Waals surface area contributed by atoms with Crippen LogP contribution >= 0.6 is 0 Å². The topological polar surface area (TPSA) is 9.23 Å². The number of ether oxygens (including phenoxy) is 1. The minimum absolute atomic E-state index is 0.245. The molecule has 0 atom stereocenters. The van der Waals surface area contributed by atoms with E-state index in [1.165, 1.54) is 13.2 Å². The molecule has 0 aliphatic carbocycles. The lowest BCUT2D eigenvalue weighted by Crippen LogP contribution is -2.10. The monoisotopic (exact) mass is 218 g/mol. The third-order valence-corrected chi connectivity index (χ3v) is 2.16. The van der Waals surface area contributed by atoms with Gasteiger partial charge in [0.15, 0.2) is 0 Å². The Bertz CT molecular complexity index is 331. The van der Waals surface area contributed by atoms with Crippen molar-refractivity contribution < 1.29 is 17.9 Å². The van der Waals surface area contributed by atoms with Crippen LogP contribution in [0.3, 0.4) is 0 Å². The first-order chi connectivity index (χ1) is 7.00. The Kier molecular flexibility index (Phi) is 3.61. The van der Waals surface area contributed by atoms with E-state index >= 15 is 0 Å². The van der Waals surface area contributed by atoms with E-state index in [0.717, 1.165) is 6.07 Å². The van der Waals surface area contributed by atoms with E-state index in [9.17, 15) is 13.2 Å². The maximum atomic E-state index is 12.6. The van der Waals surface area contributed by atoms with Crippen molar-refractivity contribution in [3.63, 3.8) is 0 Å². The van der Waals surface area contributed by atoms with E-state index in [4.69, 9.17) is 4.74 Å². The third-order valence-electron chi connectivity index (χ3n) is 2.16. The number of hydrogen-bond donors (Lipinski definition) is 0. The quantitative estimate of drug-likeness (QED) is 0.752. The van der Waals surface area contributed by atoms with Gasteiger partial charge >= 0.3 is 6.18 Å². The minimum Gasteiger partial charge on any atom is -0.496 e. The highest BCUT2D eigenvalue weighted by molar-refractivity contribution is 5.41. The Balaban J connectivity index is 3.25. The molecule has 84 valence electrons. The zero-order valence-corrected chi connectivity index (χ0v) is 8.69. The largest absolute Gasteiger partial charge is 0.496 e. The molecule has 0 aromatic heterocycles. The van der Waals surface area contributed by atoms with Crippen molar-refractivity contribution >= 4 is 0 Å². The van der Waals surface area contributed by atoms with Crippen molar-refractivity contribution in [1.82, 2.24) is 0 Å². The molecule has 0 amide bonds. The molecule has 1 nitrogen and oxygen atoms in total. The maximum absolute atomic E-state index is 12.6. The van der Waals surface area contributed by atoms with Gasteiger partial charge in [-0.2, -0.15) is 13.2 Å². The first kappa shape index (κ1) is 11.9. The second-order valence-electron chi connectivity index (χ2n) is 3.23. The molecule has 0 N–H and O–H groups in total. The lowest BCUT2D eigenvalue weighted by Gasteiger charge is -2.15. The van der Waals surface area contributed by atoms with Gasteiger partial charge in [0.25, 0.3) is 0 Å². The SMILES string of the molecule is CCCc1c(OC)cccc1C(F)(F)F. The summed E-state index contributed by atoms with van der Waals surface area (Å²) in [5.41, 5.74) is -0.348.